The van der Waals surface area contributed by atoms with Crippen LogP contribution >= 0.6 is 0 Å². The van der Waals surface area contributed by atoms with Crippen LogP contribution in [0.2, 0.25) is 0 Å². The van der Waals surface area contributed by atoms with E-state index in [0.717, 1.165) is 6.42 Å². The molecule has 19 heavy (non-hydrogen) atoms. The third kappa shape index (κ3) is 3.25. The van der Waals surface area contributed by atoms with E-state index in [4.69, 9.17) is 0 Å². The maximum atomic E-state index is 12.0. The number of aromatic nitrogens is 3. The molecule has 0 saturated carbocycles. The first-order valence-electron chi connectivity index (χ1n) is 6.00. The number of hydrogen-bond donors (Lipinski definition) is 1. The SMILES string of the molecule is CCCn1nc(C(=O)Nc2ccncc2)ccc1=O. The summed E-state index contributed by atoms with van der Waals surface area (Å²) in [6.07, 6.45) is 3.95. The largest absolute Gasteiger partial charge is 0.320 e. The zero-order chi connectivity index (χ0) is 13.7. The van der Waals surface area contributed by atoms with Crippen LogP contribution in [-0.4, -0.2) is 20.7 Å². The molecule has 1 amide bonds. The molecular weight excluding hydrogens is 244 g/mol. The standard InChI is InChI=1S/C13H14N4O2/c1-2-9-17-12(18)4-3-11(16-17)13(19)15-10-5-7-14-8-6-10/h3-8H,2,9H2,1H3,(H,14,15,19). The lowest BCUT2D eigenvalue weighted by molar-refractivity contribution is 0.102. The van der Waals surface area contributed by atoms with Gasteiger partial charge in [0.25, 0.3) is 11.5 Å². The molecule has 0 fully saturated rings. The molecule has 0 spiro atoms. The van der Waals surface area contributed by atoms with Gasteiger partial charge in [-0.3, -0.25) is 14.6 Å². The Bertz CT molecular complexity index is 622. The maximum Gasteiger partial charge on any atom is 0.276 e. The van der Waals surface area contributed by atoms with Gasteiger partial charge in [-0.05, 0) is 24.6 Å². The third-order valence-electron chi connectivity index (χ3n) is 2.47. The number of amides is 1. The average Bonchev–Trinajstić information content (AvgIpc) is 2.42. The zero-order valence-corrected chi connectivity index (χ0v) is 10.5. The number of nitrogens with zero attached hydrogens (tertiary/aromatic N) is 3. The summed E-state index contributed by atoms with van der Waals surface area (Å²) in [5, 5.41) is 6.72. The smallest absolute Gasteiger partial charge is 0.276 e. The summed E-state index contributed by atoms with van der Waals surface area (Å²) in [5.41, 5.74) is 0.641. The zero-order valence-electron chi connectivity index (χ0n) is 10.5. The van der Waals surface area contributed by atoms with Crippen LogP contribution in [0, 0.1) is 0 Å². The highest BCUT2D eigenvalue weighted by molar-refractivity contribution is 6.02. The minimum Gasteiger partial charge on any atom is -0.320 e. The van der Waals surface area contributed by atoms with Crippen LogP contribution in [0.25, 0.3) is 0 Å². The monoisotopic (exact) mass is 258 g/mol. The lowest BCUT2D eigenvalue weighted by atomic mass is 10.3. The molecular formula is C13H14N4O2. The second kappa shape index (κ2) is 5.90. The molecule has 98 valence electrons. The number of pyridine rings is 1. The van der Waals surface area contributed by atoms with Gasteiger partial charge in [-0.2, -0.15) is 5.10 Å². The van der Waals surface area contributed by atoms with Crippen LogP contribution in [0.15, 0.2) is 41.5 Å². The molecule has 6 heteroatoms. The summed E-state index contributed by atoms with van der Waals surface area (Å²) in [7, 11) is 0. The van der Waals surface area contributed by atoms with Crippen LogP contribution < -0.4 is 10.9 Å². The van der Waals surface area contributed by atoms with E-state index in [0.29, 0.717) is 12.2 Å². The number of hydrogen-bond acceptors (Lipinski definition) is 4. The van der Waals surface area contributed by atoms with Gasteiger partial charge >= 0.3 is 0 Å². The summed E-state index contributed by atoms with van der Waals surface area (Å²) in [5.74, 6) is -0.351. The quantitative estimate of drug-likeness (QED) is 0.896. The Morgan fingerprint density at radius 1 is 1.26 bits per heavy atom. The molecule has 0 saturated heterocycles. The molecule has 0 aromatic carbocycles. The van der Waals surface area contributed by atoms with E-state index < -0.39 is 0 Å². The maximum absolute atomic E-state index is 12.0. The molecule has 0 aliphatic carbocycles. The molecule has 0 bridgehead atoms. The van der Waals surface area contributed by atoms with Gasteiger partial charge in [-0.25, -0.2) is 4.68 Å². The highest BCUT2D eigenvalue weighted by Gasteiger charge is 2.09. The van der Waals surface area contributed by atoms with Gasteiger partial charge in [0.15, 0.2) is 0 Å². The summed E-state index contributed by atoms with van der Waals surface area (Å²) in [4.78, 5) is 27.3. The summed E-state index contributed by atoms with van der Waals surface area (Å²) < 4.78 is 1.29. The summed E-state index contributed by atoms with van der Waals surface area (Å²) in [6, 6.07) is 6.13. The number of anilines is 1. The van der Waals surface area contributed by atoms with Crippen molar-refractivity contribution in [2.45, 2.75) is 19.9 Å². The number of carbonyl (C=O) groups is 1. The van der Waals surface area contributed by atoms with Crippen LogP contribution in [0.5, 0.6) is 0 Å². The first-order valence-corrected chi connectivity index (χ1v) is 6.00. The summed E-state index contributed by atoms with van der Waals surface area (Å²) >= 11 is 0. The molecule has 2 aromatic heterocycles. The Morgan fingerprint density at radius 2 is 2.00 bits per heavy atom. The fraction of sp³-hybridized carbons (Fsp3) is 0.231. The van der Waals surface area contributed by atoms with Gasteiger partial charge in [0.2, 0.25) is 0 Å². The predicted molar refractivity (Wildman–Crippen MR) is 71.0 cm³/mol. The Morgan fingerprint density at radius 3 is 2.68 bits per heavy atom. The van der Waals surface area contributed by atoms with Crippen molar-refractivity contribution in [2.24, 2.45) is 0 Å². The van der Waals surface area contributed by atoms with Gasteiger partial charge in [0.1, 0.15) is 5.69 Å². The minimum atomic E-state index is -0.351. The molecule has 2 rings (SSSR count). The van der Waals surface area contributed by atoms with Crippen molar-refractivity contribution in [3.05, 3.63) is 52.7 Å². The normalized spacial score (nSPS) is 10.2. The first-order chi connectivity index (χ1) is 9.20. The van der Waals surface area contributed by atoms with Gasteiger partial charge in [-0.15, -0.1) is 0 Å². The number of nitrogens with one attached hydrogen (secondary N) is 1. The molecule has 1 N–H and O–H groups in total. The fourth-order valence-electron chi connectivity index (χ4n) is 1.57. The molecule has 2 heterocycles. The van der Waals surface area contributed by atoms with Gasteiger partial charge < -0.3 is 5.32 Å². The molecule has 0 aliphatic heterocycles. The van der Waals surface area contributed by atoms with Crippen molar-refractivity contribution in [2.75, 3.05) is 5.32 Å². The molecule has 0 unspecified atom stereocenters. The van der Waals surface area contributed by atoms with Crippen molar-refractivity contribution in [1.82, 2.24) is 14.8 Å². The number of aryl methyl sites for hydroxylation is 1. The van der Waals surface area contributed by atoms with Gasteiger partial charge in [0.05, 0.1) is 0 Å². The average molecular weight is 258 g/mol. The Labute approximate surface area is 110 Å². The lowest BCUT2D eigenvalue weighted by Gasteiger charge is -2.06. The van der Waals surface area contributed by atoms with Crippen molar-refractivity contribution in [1.29, 1.82) is 0 Å². The molecule has 0 radical (unpaired) electrons. The molecule has 0 atom stereocenters. The van der Waals surface area contributed by atoms with E-state index in [1.807, 2.05) is 6.92 Å². The van der Waals surface area contributed by atoms with Crippen molar-refractivity contribution in [3.63, 3.8) is 0 Å². The van der Waals surface area contributed by atoms with E-state index in [2.05, 4.69) is 15.4 Å². The fourth-order valence-corrected chi connectivity index (χ4v) is 1.57. The Hall–Kier alpha value is -2.50. The van der Waals surface area contributed by atoms with E-state index >= 15 is 0 Å². The Balaban J connectivity index is 2.20. The first kappa shape index (κ1) is 12.9. The lowest BCUT2D eigenvalue weighted by Crippen LogP contribution is -2.26. The van der Waals surface area contributed by atoms with E-state index in [1.54, 1.807) is 24.5 Å². The van der Waals surface area contributed by atoms with Crippen molar-refractivity contribution >= 4 is 11.6 Å². The van der Waals surface area contributed by atoms with Crippen LogP contribution in [0.1, 0.15) is 23.8 Å². The van der Waals surface area contributed by atoms with Crippen molar-refractivity contribution < 1.29 is 4.79 Å². The topological polar surface area (TPSA) is 76.9 Å². The highest BCUT2D eigenvalue weighted by atomic mass is 16.2. The highest BCUT2D eigenvalue weighted by Crippen LogP contribution is 2.05. The molecule has 2 aromatic rings. The van der Waals surface area contributed by atoms with Crippen molar-refractivity contribution in [3.8, 4) is 0 Å². The second-order valence-corrected chi connectivity index (χ2v) is 3.97. The minimum absolute atomic E-state index is 0.206. The van der Waals surface area contributed by atoms with Crippen LogP contribution in [0.3, 0.4) is 0 Å². The Kier molecular flexibility index (Phi) is 4.02. The second-order valence-electron chi connectivity index (χ2n) is 3.97. The van der Waals surface area contributed by atoms with Gasteiger partial charge in [0, 0.05) is 30.7 Å². The number of rotatable bonds is 4. The molecule has 6 nitrogen and oxygen atoms in total. The van der Waals surface area contributed by atoms with E-state index in [9.17, 15) is 9.59 Å². The van der Waals surface area contributed by atoms with Crippen LogP contribution in [0.4, 0.5) is 5.69 Å². The predicted octanol–water partition coefficient (Wildman–Crippen LogP) is 1.30. The summed E-state index contributed by atoms with van der Waals surface area (Å²) in [6.45, 7) is 2.44. The third-order valence-corrected chi connectivity index (χ3v) is 2.47. The van der Waals surface area contributed by atoms with Gasteiger partial charge in [-0.1, -0.05) is 6.92 Å². The number of carbonyl (C=O) groups excluding carboxylic acids is 1. The molecule has 0 aliphatic rings. The van der Waals surface area contributed by atoms with E-state index in [1.165, 1.54) is 16.8 Å². The van der Waals surface area contributed by atoms with Crippen LogP contribution in [-0.2, 0) is 6.54 Å². The van der Waals surface area contributed by atoms with E-state index in [-0.39, 0.29) is 17.2 Å².